The lowest BCUT2D eigenvalue weighted by Gasteiger charge is -2.28. The predicted molar refractivity (Wildman–Crippen MR) is 116 cm³/mol. The quantitative estimate of drug-likeness (QED) is 0.601. The molecule has 8 heteroatoms. The molecule has 1 aliphatic heterocycles. The number of aromatic nitrogens is 2. The Bertz CT molecular complexity index is 1080. The summed E-state index contributed by atoms with van der Waals surface area (Å²) in [5.74, 6) is 0.386. The molecule has 0 atom stereocenters. The van der Waals surface area contributed by atoms with Gasteiger partial charge >= 0.3 is 6.18 Å². The van der Waals surface area contributed by atoms with Gasteiger partial charge in [0, 0.05) is 43.2 Å². The van der Waals surface area contributed by atoms with Crippen LogP contribution in [-0.2, 0) is 12.7 Å². The molecule has 1 aliphatic rings. The van der Waals surface area contributed by atoms with E-state index in [1.54, 1.807) is 36.7 Å². The van der Waals surface area contributed by atoms with Crippen molar-refractivity contribution in [2.75, 3.05) is 18.0 Å². The van der Waals surface area contributed by atoms with Gasteiger partial charge in [-0.2, -0.15) is 13.2 Å². The van der Waals surface area contributed by atoms with Crippen molar-refractivity contribution in [3.63, 3.8) is 0 Å². The third-order valence-electron chi connectivity index (χ3n) is 5.52. The highest BCUT2D eigenvalue weighted by molar-refractivity contribution is 5.94. The maximum Gasteiger partial charge on any atom is 0.416 e. The van der Waals surface area contributed by atoms with E-state index >= 15 is 0 Å². The normalized spacial score (nSPS) is 14.3. The molecule has 1 saturated heterocycles. The number of nitrogens with zero attached hydrogens (tertiary/aromatic N) is 3. The fraction of sp³-hybridized carbons (Fsp3) is 0.292. The van der Waals surface area contributed by atoms with Gasteiger partial charge in [0.2, 0.25) is 0 Å². The van der Waals surface area contributed by atoms with Gasteiger partial charge in [0.15, 0.2) is 5.82 Å². The third kappa shape index (κ3) is 4.90. The first-order chi connectivity index (χ1) is 15.4. The maximum atomic E-state index is 13.1. The molecule has 0 unspecified atom stereocenters. The van der Waals surface area contributed by atoms with Gasteiger partial charge in [0.25, 0.3) is 5.91 Å². The molecule has 1 aromatic heterocycles. The highest BCUT2D eigenvalue weighted by Crippen LogP contribution is 2.32. The number of amides is 1. The smallest absolute Gasteiger partial charge is 0.355 e. The van der Waals surface area contributed by atoms with Crippen molar-refractivity contribution < 1.29 is 18.0 Å². The van der Waals surface area contributed by atoms with Crippen LogP contribution >= 0.6 is 0 Å². The lowest BCUT2D eigenvalue weighted by molar-refractivity contribution is -0.138. The molecule has 1 fully saturated rings. The lowest BCUT2D eigenvalue weighted by atomic mass is 10.1. The Morgan fingerprint density at radius 2 is 1.62 bits per heavy atom. The van der Waals surface area contributed by atoms with Crippen LogP contribution in [0.5, 0.6) is 0 Å². The van der Waals surface area contributed by atoms with Crippen LogP contribution in [0.25, 0.3) is 11.3 Å². The molecule has 0 bridgehead atoms. The minimum absolute atomic E-state index is 0.0238. The molecule has 32 heavy (non-hydrogen) atoms. The van der Waals surface area contributed by atoms with Crippen LogP contribution in [0.3, 0.4) is 0 Å². The average Bonchev–Trinajstić information content (AvgIpc) is 2.83. The van der Waals surface area contributed by atoms with Crippen molar-refractivity contribution in [3.05, 3.63) is 77.6 Å². The zero-order valence-corrected chi connectivity index (χ0v) is 17.4. The molecule has 5 nitrogen and oxygen atoms in total. The van der Waals surface area contributed by atoms with E-state index in [2.05, 4.69) is 20.2 Å². The molecule has 0 radical (unpaired) electrons. The van der Waals surface area contributed by atoms with Gasteiger partial charge in [-0.1, -0.05) is 30.3 Å². The molecule has 0 aliphatic carbocycles. The largest absolute Gasteiger partial charge is 0.416 e. The molecule has 2 heterocycles. The lowest BCUT2D eigenvalue weighted by Crippen LogP contribution is -2.30. The standard InChI is InChI=1S/C24H23F3N4O/c25-24(26,27)20-7-3-2-6-19(20)16-30-23(32)18-10-8-17(9-11-18)21-22(29-13-12-28-21)31-14-4-1-5-15-31/h2-3,6-13H,1,4-5,14-16H2,(H,30,32). The van der Waals surface area contributed by atoms with Gasteiger partial charge in [-0.05, 0) is 43.0 Å². The molecule has 0 spiro atoms. The molecule has 0 saturated carbocycles. The van der Waals surface area contributed by atoms with Gasteiger partial charge < -0.3 is 10.2 Å². The number of anilines is 1. The second kappa shape index (κ2) is 9.38. The Hall–Kier alpha value is -3.42. The summed E-state index contributed by atoms with van der Waals surface area (Å²) in [4.78, 5) is 23.8. The topological polar surface area (TPSA) is 58.1 Å². The molecular formula is C24H23F3N4O. The van der Waals surface area contributed by atoms with Crippen LogP contribution in [-0.4, -0.2) is 29.0 Å². The first-order valence-electron chi connectivity index (χ1n) is 10.5. The van der Waals surface area contributed by atoms with Crippen molar-refractivity contribution in [2.24, 2.45) is 0 Å². The van der Waals surface area contributed by atoms with Crippen molar-refractivity contribution in [1.82, 2.24) is 15.3 Å². The van der Waals surface area contributed by atoms with Crippen molar-refractivity contribution in [1.29, 1.82) is 0 Å². The van der Waals surface area contributed by atoms with E-state index in [1.807, 2.05) is 0 Å². The number of hydrogen-bond donors (Lipinski definition) is 1. The molecule has 1 N–H and O–H groups in total. The highest BCUT2D eigenvalue weighted by atomic mass is 19.4. The zero-order valence-electron chi connectivity index (χ0n) is 17.4. The van der Waals surface area contributed by atoms with E-state index in [0.717, 1.165) is 49.1 Å². The van der Waals surface area contributed by atoms with Crippen LogP contribution < -0.4 is 10.2 Å². The first-order valence-corrected chi connectivity index (χ1v) is 10.5. The number of piperidine rings is 1. The van der Waals surface area contributed by atoms with Gasteiger partial charge in [-0.3, -0.25) is 9.78 Å². The summed E-state index contributed by atoms with van der Waals surface area (Å²) in [5, 5.41) is 2.57. The summed E-state index contributed by atoms with van der Waals surface area (Å²) in [6.45, 7) is 1.66. The monoisotopic (exact) mass is 440 g/mol. The second-order valence-electron chi connectivity index (χ2n) is 7.69. The van der Waals surface area contributed by atoms with Crippen molar-refractivity contribution >= 4 is 11.7 Å². The number of carbonyl (C=O) groups is 1. The fourth-order valence-corrected chi connectivity index (χ4v) is 3.88. The van der Waals surface area contributed by atoms with Gasteiger partial charge in [0.1, 0.15) is 5.69 Å². The summed E-state index contributed by atoms with van der Waals surface area (Å²) in [6, 6.07) is 12.1. The van der Waals surface area contributed by atoms with E-state index < -0.39 is 17.6 Å². The van der Waals surface area contributed by atoms with E-state index in [-0.39, 0.29) is 12.1 Å². The summed E-state index contributed by atoms with van der Waals surface area (Å²) >= 11 is 0. The molecule has 166 valence electrons. The van der Waals surface area contributed by atoms with Crippen LogP contribution in [0.15, 0.2) is 60.9 Å². The van der Waals surface area contributed by atoms with Crippen LogP contribution in [0.2, 0.25) is 0 Å². The summed E-state index contributed by atoms with van der Waals surface area (Å²) < 4.78 is 39.4. The Kier molecular flexibility index (Phi) is 6.39. The Balaban J connectivity index is 1.48. The summed E-state index contributed by atoms with van der Waals surface area (Å²) in [6.07, 6.45) is 2.30. The second-order valence-corrected chi connectivity index (χ2v) is 7.69. The van der Waals surface area contributed by atoms with E-state index in [4.69, 9.17) is 0 Å². The van der Waals surface area contributed by atoms with Crippen LogP contribution in [0, 0.1) is 0 Å². The summed E-state index contributed by atoms with van der Waals surface area (Å²) in [7, 11) is 0. The van der Waals surface area contributed by atoms with E-state index in [0.29, 0.717) is 5.56 Å². The molecule has 2 aromatic carbocycles. The van der Waals surface area contributed by atoms with E-state index in [1.165, 1.54) is 24.6 Å². The number of alkyl halides is 3. The Labute approximate surface area is 184 Å². The predicted octanol–water partition coefficient (Wildman–Crippen LogP) is 5.08. The minimum atomic E-state index is -4.47. The molecule has 1 amide bonds. The first kappa shape index (κ1) is 21.8. The number of rotatable bonds is 5. The number of halogens is 3. The van der Waals surface area contributed by atoms with Crippen molar-refractivity contribution in [2.45, 2.75) is 32.0 Å². The minimum Gasteiger partial charge on any atom is -0.355 e. The molecule has 3 aromatic rings. The molecule has 4 rings (SSSR count). The Morgan fingerprint density at radius 1 is 0.938 bits per heavy atom. The number of nitrogens with one attached hydrogen (secondary N) is 1. The number of hydrogen-bond acceptors (Lipinski definition) is 4. The third-order valence-corrected chi connectivity index (χ3v) is 5.52. The number of carbonyl (C=O) groups excluding carboxylic acids is 1. The number of benzene rings is 2. The average molecular weight is 440 g/mol. The fourth-order valence-electron chi connectivity index (χ4n) is 3.88. The van der Waals surface area contributed by atoms with Crippen LogP contribution in [0.1, 0.15) is 40.7 Å². The Morgan fingerprint density at radius 3 is 2.34 bits per heavy atom. The van der Waals surface area contributed by atoms with Crippen molar-refractivity contribution in [3.8, 4) is 11.3 Å². The van der Waals surface area contributed by atoms with Gasteiger partial charge in [0.05, 0.1) is 5.56 Å². The van der Waals surface area contributed by atoms with Gasteiger partial charge in [-0.15, -0.1) is 0 Å². The van der Waals surface area contributed by atoms with Crippen LogP contribution in [0.4, 0.5) is 19.0 Å². The molecular weight excluding hydrogens is 417 g/mol. The van der Waals surface area contributed by atoms with E-state index in [9.17, 15) is 18.0 Å². The zero-order chi connectivity index (χ0) is 22.6. The maximum absolute atomic E-state index is 13.1. The highest BCUT2D eigenvalue weighted by Gasteiger charge is 2.32. The summed E-state index contributed by atoms with van der Waals surface area (Å²) in [5.41, 5.74) is 1.22. The SMILES string of the molecule is O=C(NCc1ccccc1C(F)(F)F)c1ccc(-c2nccnc2N2CCCCC2)cc1. The van der Waals surface area contributed by atoms with Gasteiger partial charge in [-0.25, -0.2) is 4.98 Å².